The molecule has 0 unspecified atom stereocenters. The van der Waals surface area contributed by atoms with Crippen molar-refractivity contribution in [2.24, 2.45) is 0 Å². The third-order valence-electron chi connectivity index (χ3n) is 5.22. The number of hydrogen-bond donors (Lipinski definition) is 2. The summed E-state index contributed by atoms with van der Waals surface area (Å²) in [5.41, 5.74) is -1.72. The third-order valence-corrected chi connectivity index (χ3v) is 5.22. The number of rotatable bonds is 2. The predicted molar refractivity (Wildman–Crippen MR) is 110 cm³/mol. The first kappa shape index (κ1) is 19.4. The highest BCUT2D eigenvalue weighted by atomic mass is 19.1. The lowest BCUT2D eigenvalue weighted by Gasteiger charge is -2.17. The fourth-order valence-electron chi connectivity index (χ4n) is 3.79. The molecule has 32 heavy (non-hydrogen) atoms. The lowest BCUT2D eigenvalue weighted by molar-refractivity contribution is 0.0695. The fourth-order valence-corrected chi connectivity index (χ4v) is 3.79. The molecule has 9 heteroatoms. The van der Waals surface area contributed by atoms with E-state index in [-0.39, 0.29) is 38.9 Å². The SMILES string of the molecule is O=C(O)c1cc(-c2c3cc(F)c(=O)cc-3oc3cc(O)c(F)cc23)c2ccccn2c1=O. The van der Waals surface area contributed by atoms with E-state index in [4.69, 9.17) is 4.42 Å². The Morgan fingerprint density at radius 1 is 0.969 bits per heavy atom. The van der Waals surface area contributed by atoms with Gasteiger partial charge in [0.2, 0.25) is 5.43 Å². The third kappa shape index (κ3) is 2.75. The molecule has 0 spiro atoms. The molecule has 3 heterocycles. The van der Waals surface area contributed by atoms with Crippen molar-refractivity contribution in [2.45, 2.75) is 0 Å². The maximum atomic E-state index is 14.3. The Morgan fingerprint density at radius 3 is 2.50 bits per heavy atom. The first-order chi connectivity index (χ1) is 15.3. The average molecular weight is 435 g/mol. The standard InChI is InChI=1S/C23H11F2NO6/c24-14-6-11-19(8-17(14)27)32-20-9-18(28)15(25)7-12(20)21(11)10-5-13(23(30)31)22(29)26-4-2-1-3-16(10)26/h1-9,27H,(H,30,31). The van der Waals surface area contributed by atoms with E-state index in [2.05, 4.69) is 0 Å². The summed E-state index contributed by atoms with van der Waals surface area (Å²) in [4.78, 5) is 36.3. The van der Waals surface area contributed by atoms with Crippen LogP contribution in [-0.2, 0) is 0 Å². The molecule has 0 saturated heterocycles. The Labute approximate surface area is 176 Å². The number of carboxylic acid groups (broad SMARTS) is 1. The summed E-state index contributed by atoms with van der Waals surface area (Å²) in [6, 6.07) is 9.56. The van der Waals surface area contributed by atoms with E-state index >= 15 is 0 Å². The second-order valence-electron chi connectivity index (χ2n) is 7.09. The highest BCUT2D eigenvalue weighted by Crippen LogP contribution is 2.42. The maximum Gasteiger partial charge on any atom is 0.341 e. The molecule has 0 atom stereocenters. The van der Waals surface area contributed by atoms with E-state index in [1.165, 1.54) is 12.3 Å². The van der Waals surface area contributed by atoms with Crippen LogP contribution in [0.5, 0.6) is 5.75 Å². The molecule has 1 aromatic carbocycles. The zero-order chi connectivity index (χ0) is 22.7. The number of nitrogens with zero attached hydrogens (tertiary/aromatic N) is 1. The minimum Gasteiger partial charge on any atom is -0.505 e. The Hall–Kier alpha value is -4.53. The van der Waals surface area contributed by atoms with Crippen LogP contribution in [0.2, 0.25) is 0 Å². The molecule has 1 aliphatic carbocycles. The minimum absolute atomic E-state index is 0.0328. The summed E-state index contributed by atoms with van der Waals surface area (Å²) >= 11 is 0. The van der Waals surface area contributed by atoms with Crippen LogP contribution in [0.1, 0.15) is 10.4 Å². The number of phenols is 1. The Kier molecular flexibility index (Phi) is 4.09. The van der Waals surface area contributed by atoms with Crippen molar-refractivity contribution in [3.8, 4) is 28.2 Å². The van der Waals surface area contributed by atoms with Crippen LogP contribution < -0.4 is 11.0 Å². The number of hydrogen-bond acceptors (Lipinski definition) is 5. The number of benzene rings is 2. The lowest BCUT2D eigenvalue weighted by atomic mass is 9.92. The maximum absolute atomic E-state index is 14.3. The zero-order valence-electron chi connectivity index (χ0n) is 15.9. The van der Waals surface area contributed by atoms with Crippen molar-refractivity contribution >= 4 is 22.5 Å². The summed E-state index contributed by atoms with van der Waals surface area (Å²) in [5, 5.41) is 19.4. The zero-order valence-corrected chi connectivity index (χ0v) is 15.9. The van der Waals surface area contributed by atoms with Crippen molar-refractivity contribution in [2.75, 3.05) is 0 Å². The summed E-state index contributed by atoms with van der Waals surface area (Å²) in [6.07, 6.45) is 1.37. The molecule has 3 aromatic rings. The van der Waals surface area contributed by atoms with E-state index in [1.807, 2.05) is 0 Å². The topological polar surface area (TPSA) is 109 Å². The summed E-state index contributed by atoms with van der Waals surface area (Å²) in [5.74, 6) is -4.35. The molecule has 0 fully saturated rings. The molecule has 0 bridgehead atoms. The van der Waals surface area contributed by atoms with Gasteiger partial charge in [-0.15, -0.1) is 0 Å². The van der Waals surface area contributed by atoms with Gasteiger partial charge >= 0.3 is 5.97 Å². The number of aromatic nitrogens is 1. The number of fused-ring (bicyclic) bond motifs is 3. The van der Waals surface area contributed by atoms with Gasteiger partial charge in [-0.05, 0) is 30.3 Å². The van der Waals surface area contributed by atoms with Crippen LogP contribution in [-0.4, -0.2) is 20.6 Å². The van der Waals surface area contributed by atoms with Crippen molar-refractivity contribution < 1.29 is 28.2 Å². The molecule has 2 N–H and O–H groups in total. The van der Waals surface area contributed by atoms with Gasteiger partial charge in [-0.3, -0.25) is 14.0 Å². The molecule has 0 radical (unpaired) electrons. The van der Waals surface area contributed by atoms with E-state index < -0.39 is 39.9 Å². The van der Waals surface area contributed by atoms with Gasteiger partial charge < -0.3 is 14.6 Å². The van der Waals surface area contributed by atoms with Crippen molar-refractivity contribution in [1.82, 2.24) is 4.40 Å². The largest absolute Gasteiger partial charge is 0.505 e. The van der Waals surface area contributed by atoms with Crippen molar-refractivity contribution in [3.63, 3.8) is 0 Å². The number of aromatic hydroxyl groups is 1. The van der Waals surface area contributed by atoms with Crippen LogP contribution >= 0.6 is 0 Å². The second kappa shape index (κ2) is 6.74. The summed E-state index contributed by atoms with van der Waals surface area (Å²) in [6.45, 7) is 0. The predicted octanol–water partition coefficient (Wildman–Crippen LogP) is 3.86. The fraction of sp³-hybridized carbons (Fsp3) is 0. The van der Waals surface area contributed by atoms with Gasteiger partial charge in [0.15, 0.2) is 17.4 Å². The van der Waals surface area contributed by atoms with Crippen LogP contribution in [0, 0.1) is 11.6 Å². The van der Waals surface area contributed by atoms with Gasteiger partial charge in [0.1, 0.15) is 16.9 Å². The molecule has 0 amide bonds. The van der Waals surface area contributed by atoms with Gasteiger partial charge in [-0.2, -0.15) is 0 Å². The summed E-state index contributed by atoms with van der Waals surface area (Å²) < 4.78 is 35.3. The van der Waals surface area contributed by atoms with E-state index in [0.717, 1.165) is 34.7 Å². The molecular weight excluding hydrogens is 424 g/mol. The Bertz CT molecular complexity index is 1690. The first-order valence-electron chi connectivity index (χ1n) is 9.23. The van der Waals surface area contributed by atoms with Gasteiger partial charge in [0.25, 0.3) is 5.56 Å². The van der Waals surface area contributed by atoms with E-state index in [0.29, 0.717) is 0 Å². The number of halogens is 2. The minimum atomic E-state index is -1.49. The van der Waals surface area contributed by atoms with Crippen LogP contribution in [0.4, 0.5) is 8.78 Å². The smallest absolute Gasteiger partial charge is 0.341 e. The quantitative estimate of drug-likeness (QED) is 0.408. The van der Waals surface area contributed by atoms with Crippen LogP contribution in [0.25, 0.3) is 38.9 Å². The normalized spacial score (nSPS) is 11.4. The molecule has 1 aliphatic heterocycles. The number of carboxylic acids is 1. The molecule has 7 nitrogen and oxygen atoms in total. The molecular formula is C23H11F2NO6. The molecule has 2 aromatic heterocycles. The number of carbonyl (C=O) groups is 1. The Balaban J connectivity index is 2.08. The van der Waals surface area contributed by atoms with Gasteiger partial charge in [-0.1, -0.05) is 6.07 Å². The number of phenolic OH excluding ortho intramolecular Hbond substituents is 1. The van der Waals surface area contributed by atoms with Gasteiger partial charge in [-0.25, -0.2) is 13.6 Å². The molecule has 2 aliphatic rings. The van der Waals surface area contributed by atoms with Crippen LogP contribution in [0.3, 0.4) is 0 Å². The van der Waals surface area contributed by atoms with Gasteiger partial charge in [0, 0.05) is 40.4 Å². The average Bonchev–Trinajstić information content (AvgIpc) is 2.75. The Morgan fingerprint density at radius 2 is 1.75 bits per heavy atom. The number of pyridine rings is 2. The van der Waals surface area contributed by atoms with E-state index in [1.54, 1.807) is 12.1 Å². The highest BCUT2D eigenvalue weighted by molar-refractivity contribution is 6.06. The highest BCUT2D eigenvalue weighted by Gasteiger charge is 2.24. The monoisotopic (exact) mass is 435 g/mol. The first-order valence-corrected chi connectivity index (χ1v) is 9.23. The van der Waals surface area contributed by atoms with E-state index in [9.17, 15) is 33.4 Å². The van der Waals surface area contributed by atoms with Gasteiger partial charge in [0.05, 0.1) is 5.52 Å². The second-order valence-corrected chi connectivity index (χ2v) is 7.09. The van der Waals surface area contributed by atoms with Crippen molar-refractivity contribution in [1.29, 1.82) is 0 Å². The lowest BCUT2D eigenvalue weighted by Crippen LogP contribution is -2.22. The molecule has 0 saturated carbocycles. The van der Waals surface area contributed by atoms with Crippen molar-refractivity contribution in [3.05, 3.63) is 92.5 Å². The molecule has 5 rings (SSSR count). The van der Waals surface area contributed by atoms with Crippen LogP contribution in [0.15, 0.2) is 68.7 Å². The summed E-state index contributed by atoms with van der Waals surface area (Å²) in [7, 11) is 0. The molecule has 158 valence electrons. The number of aromatic carboxylic acids is 1.